The van der Waals surface area contributed by atoms with Crippen LogP contribution in [-0.2, 0) is 0 Å². The monoisotopic (exact) mass is 244 g/mol. The Kier molecular flexibility index (Phi) is 5.83. The van der Waals surface area contributed by atoms with Crippen LogP contribution in [0.3, 0.4) is 0 Å². The molecule has 0 radical (unpaired) electrons. The lowest BCUT2D eigenvalue weighted by Gasteiger charge is -2.13. The molecule has 0 rings (SSSR count). The van der Waals surface area contributed by atoms with Gasteiger partial charge in [-0.3, -0.25) is 0 Å². The molecule has 0 saturated carbocycles. The first-order valence-electron chi connectivity index (χ1n) is 3.15. The fourth-order valence-corrected chi connectivity index (χ4v) is 1.36. The Hall–Kier alpha value is 0.650. The number of alkyl halides is 1. The Balaban J connectivity index is 3.32. The maximum Gasteiger partial charge on any atom is 0.0656 e. The number of aliphatic hydroxyl groups excluding tert-OH is 2. The smallest absolute Gasteiger partial charge is 0.0656 e. The first-order valence-corrected chi connectivity index (χ1v) is 4.40. The molecule has 0 fully saturated rings. The van der Waals surface area contributed by atoms with E-state index in [1.54, 1.807) is 0 Å². The van der Waals surface area contributed by atoms with Crippen molar-refractivity contribution < 1.29 is 10.2 Å². The molecule has 0 bridgehead atoms. The second kappa shape index (κ2) is 5.44. The zero-order valence-corrected chi connectivity index (χ0v) is 7.71. The van der Waals surface area contributed by atoms with Gasteiger partial charge in [-0.1, -0.05) is 29.5 Å². The molecule has 0 unspecified atom stereocenters. The minimum absolute atomic E-state index is 0.171. The number of hydrogen-bond donors (Lipinski definition) is 2. The molecule has 2 nitrogen and oxygen atoms in total. The highest BCUT2D eigenvalue weighted by Crippen LogP contribution is 2.12. The van der Waals surface area contributed by atoms with Crippen molar-refractivity contribution in [3.8, 4) is 0 Å². The molecule has 0 heterocycles. The minimum Gasteiger partial charge on any atom is -0.396 e. The van der Waals surface area contributed by atoms with Crippen molar-refractivity contribution in [2.24, 2.45) is 0 Å². The molecule has 0 aliphatic heterocycles. The predicted octanol–water partition coefficient (Wildman–Crippen LogP) is 0.943. The van der Waals surface area contributed by atoms with Crippen LogP contribution in [0.5, 0.6) is 0 Å². The quantitative estimate of drug-likeness (QED) is 0.570. The van der Waals surface area contributed by atoms with Crippen molar-refractivity contribution in [3.63, 3.8) is 0 Å². The van der Waals surface area contributed by atoms with Gasteiger partial charge in [-0.15, -0.1) is 0 Å². The summed E-state index contributed by atoms with van der Waals surface area (Å²) < 4.78 is 0.206. The van der Waals surface area contributed by atoms with Crippen LogP contribution >= 0.6 is 22.6 Å². The van der Waals surface area contributed by atoms with Crippen LogP contribution < -0.4 is 0 Å². The molecule has 9 heavy (non-hydrogen) atoms. The number of aliphatic hydroxyl groups is 2. The highest BCUT2D eigenvalue weighted by Gasteiger charge is 2.11. The summed E-state index contributed by atoms with van der Waals surface area (Å²) in [5.41, 5.74) is 0. The second-order valence-corrected chi connectivity index (χ2v) is 3.60. The third-order valence-corrected chi connectivity index (χ3v) is 2.69. The fraction of sp³-hybridized carbons (Fsp3) is 1.00. The van der Waals surface area contributed by atoms with Crippen LogP contribution in [0.15, 0.2) is 0 Å². The minimum atomic E-state index is -0.252. The first kappa shape index (κ1) is 9.65. The van der Waals surface area contributed by atoms with E-state index in [-0.39, 0.29) is 16.6 Å². The van der Waals surface area contributed by atoms with E-state index in [0.717, 1.165) is 6.42 Å². The Labute approximate surface area is 69.4 Å². The van der Waals surface area contributed by atoms with Gasteiger partial charge in [0.2, 0.25) is 0 Å². The first-order chi connectivity index (χ1) is 4.22. The highest BCUT2D eigenvalue weighted by atomic mass is 127. The van der Waals surface area contributed by atoms with Gasteiger partial charge in [0.25, 0.3) is 0 Å². The van der Waals surface area contributed by atoms with Gasteiger partial charge in [0.1, 0.15) is 0 Å². The van der Waals surface area contributed by atoms with Crippen LogP contribution in [0.25, 0.3) is 0 Å². The van der Waals surface area contributed by atoms with Gasteiger partial charge >= 0.3 is 0 Å². The van der Waals surface area contributed by atoms with E-state index in [2.05, 4.69) is 22.6 Å². The summed E-state index contributed by atoms with van der Waals surface area (Å²) in [7, 11) is 0. The van der Waals surface area contributed by atoms with E-state index in [4.69, 9.17) is 10.2 Å². The van der Waals surface area contributed by atoms with Gasteiger partial charge < -0.3 is 10.2 Å². The fourth-order valence-electron chi connectivity index (χ4n) is 0.571. The molecular weight excluding hydrogens is 231 g/mol. The predicted molar refractivity (Wildman–Crippen MR) is 45.8 cm³/mol. The molecule has 0 amide bonds. The van der Waals surface area contributed by atoms with E-state index in [9.17, 15) is 0 Å². The molecular formula is C6H13IO2. The van der Waals surface area contributed by atoms with Gasteiger partial charge in [-0.2, -0.15) is 0 Å². The van der Waals surface area contributed by atoms with Crippen LogP contribution in [0.4, 0.5) is 0 Å². The standard InChI is InChI=1S/C6H13IO2/c1-2-6(9)5(7)3-4-8/h5-6,8-9H,2-4H2,1H3/t5-,6-/m0/s1. The van der Waals surface area contributed by atoms with Gasteiger partial charge in [0.15, 0.2) is 0 Å². The normalized spacial score (nSPS) is 17.3. The molecule has 0 aliphatic carbocycles. The molecule has 0 aliphatic rings. The second-order valence-electron chi connectivity index (χ2n) is 2.00. The van der Waals surface area contributed by atoms with Crippen molar-refractivity contribution >= 4 is 22.6 Å². The van der Waals surface area contributed by atoms with Gasteiger partial charge in [0, 0.05) is 10.5 Å². The topological polar surface area (TPSA) is 40.5 Å². The number of rotatable bonds is 4. The lowest BCUT2D eigenvalue weighted by Crippen LogP contribution is -2.19. The molecule has 0 aromatic carbocycles. The summed E-state index contributed by atoms with van der Waals surface area (Å²) in [6.07, 6.45) is 1.21. The third-order valence-electron chi connectivity index (χ3n) is 1.24. The summed E-state index contributed by atoms with van der Waals surface area (Å²) in [6.45, 7) is 2.11. The number of hydrogen-bond acceptors (Lipinski definition) is 2. The van der Waals surface area contributed by atoms with Gasteiger partial charge in [-0.25, -0.2) is 0 Å². The molecule has 0 spiro atoms. The van der Waals surface area contributed by atoms with Crippen LogP contribution in [0, 0.1) is 0 Å². The van der Waals surface area contributed by atoms with Gasteiger partial charge in [-0.05, 0) is 12.8 Å². The summed E-state index contributed by atoms with van der Waals surface area (Å²) in [6, 6.07) is 0. The SMILES string of the molecule is CC[C@H](O)[C@@H](I)CCO. The molecule has 2 N–H and O–H groups in total. The maximum atomic E-state index is 9.14. The largest absolute Gasteiger partial charge is 0.396 e. The highest BCUT2D eigenvalue weighted by molar-refractivity contribution is 14.1. The Bertz CT molecular complexity index is 68.1. The lowest BCUT2D eigenvalue weighted by molar-refractivity contribution is 0.157. The van der Waals surface area contributed by atoms with Crippen LogP contribution in [0.1, 0.15) is 19.8 Å². The lowest BCUT2D eigenvalue weighted by atomic mass is 10.1. The molecule has 0 aromatic heterocycles. The van der Waals surface area contributed by atoms with Crippen molar-refractivity contribution in [2.45, 2.75) is 29.8 Å². The summed E-state index contributed by atoms with van der Waals surface area (Å²) in [5.74, 6) is 0. The van der Waals surface area contributed by atoms with E-state index in [0.29, 0.717) is 6.42 Å². The Morgan fingerprint density at radius 2 is 2.11 bits per heavy atom. The molecule has 56 valence electrons. The van der Waals surface area contributed by atoms with Crippen LogP contribution in [-0.4, -0.2) is 26.8 Å². The summed E-state index contributed by atoms with van der Waals surface area (Å²) >= 11 is 2.16. The van der Waals surface area contributed by atoms with Crippen LogP contribution in [0.2, 0.25) is 0 Å². The van der Waals surface area contributed by atoms with E-state index in [1.807, 2.05) is 6.92 Å². The van der Waals surface area contributed by atoms with Crippen molar-refractivity contribution in [2.75, 3.05) is 6.61 Å². The molecule has 2 atom stereocenters. The average molecular weight is 244 g/mol. The zero-order chi connectivity index (χ0) is 7.28. The maximum absolute atomic E-state index is 9.14. The third kappa shape index (κ3) is 4.11. The molecule has 0 aromatic rings. The van der Waals surface area contributed by atoms with Crippen molar-refractivity contribution in [1.29, 1.82) is 0 Å². The Morgan fingerprint density at radius 3 is 2.44 bits per heavy atom. The van der Waals surface area contributed by atoms with Crippen molar-refractivity contribution in [1.82, 2.24) is 0 Å². The van der Waals surface area contributed by atoms with Gasteiger partial charge in [0.05, 0.1) is 6.10 Å². The molecule has 3 heteroatoms. The van der Waals surface area contributed by atoms with E-state index < -0.39 is 0 Å². The summed E-state index contributed by atoms with van der Waals surface area (Å²) in [4.78, 5) is 0. The van der Waals surface area contributed by atoms with E-state index in [1.165, 1.54) is 0 Å². The van der Waals surface area contributed by atoms with E-state index >= 15 is 0 Å². The molecule has 0 saturated heterocycles. The average Bonchev–Trinajstić information content (AvgIpc) is 1.87. The Morgan fingerprint density at radius 1 is 1.56 bits per heavy atom. The zero-order valence-electron chi connectivity index (χ0n) is 5.55. The summed E-state index contributed by atoms with van der Waals surface area (Å²) in [5, 5.41) is 17.6. The van der Waals surface area contributed by atoms with Crippen molar-refractivity contribution in [3.05, 3.63) is 0 Å². The number of halogens is 1.